The first kappa shape index (κ1) is 15.6. The molecule has 1 heterocycles. The van der Waals surface area contributed by atoms with Crippen molar-refractivity contribution in [3.05, 3.63) is 59.2 Å². The maximum atomic E-state index is 12.6. The average Bonchev–Trinajstić information content (AvgIpc) is 2.97. The van der Waals surface area contributed by atoms with E-state index in [4.69, 9.17) is 5.73 Å². The number of amides is 1. The Labute approximate surface area is 139 Å². The number of hydrogen-bond donors (Lipinski definition) is 2. The molecule has 3 rings (SSSR count). The van der Waals surface area contributed by atoms with Gasteiger partial charge in [-0.15, -0.1) is 0 Å². The van der Waals surface area contributed by atoms with Crippen molar-refractivity contribution < 1.29 is 4.79 Å². The summed E-state index contributed by atoms with van der Waals surface area (Å²) in [5.74, 6) is -0.151. The first-order chi connectivity index (χ1) is 11.2. The molecule has 0 aliphatic rings. The predicted octanol–water partition coefficient (Wildman–Crippen LogP) is 3.96. The molecule has 3 aromatic rings. The van der Waals surface area contributed by atoms with Crippen LogP contribution in [-0.2, 0) is 13.0 Å². The summed E-state index contributed by atoms with van der Waals surface area (Å²) in [4.78, 5) is 17.1. The number of aromatic nitrogens is 1. The van der Waals surface area contributed by atoms with Crippen LogP contribution in [0.2, 0.25) is 0 Å². The van der Waals surface area contributed by atoms with Gasteiger partial charge in [0.05, 0.1) is 10.2 Å². The number of nitrogens with one attached hydrogen (secondary N) is 1. The third-order valence-electron chi connectivity index (χ3n) is 3.76. The van der Waals surface area contributed by atoms with Crippen LogP contribution in [0.1, 0.15) is 34.8 Å². The van der Waals surface area contributed by atoms with Crippen LogP contribution in [-0.4, -0.2) is 10.9 Å². The van der Waals surface area contributed by atoms with Crippen LogP contribution in [0.15, 0.2) is 42.5 Å². The topological polar surface area (TPSA) is 68.0 Å². The minimum absolute atomic E-state index is 0.151. The Hall–Kier alpha value is -2.24. The van der Waals surface area contributed by atoms with Gasteiger partial charge >= 0.3 is 0 Å². The van der Waals surface area contributed by atoms with Crippen LogP contribution in [0.3, 0.4) is 0 Å². The van der Waals surface area contributed by atoms with Crippen LogP contribution in [0.4, 0.5) is 5.13 Å². The summed E-state index contributed by atoms with van der Waals surface area (Å²) in [7, 11) is 0. The highest BCUT2D eigenvalue weighted by molar-refractivity contribution is 7.22. The van der Waals surface area contributed by atoms with E-state index in [2.05, 4.69) is 17.2 Å². The van der Waals surface area contributed by atoms with Crippen molar-refractivity contribution in [2.24, 2.45) is 5.73 Å². The van der Waals surface area contributed by atoms with Gasteiger partial charge in [0.25, 0.3) is 5.91 Å². The fourth-order valence-corrected chi connectivity index (χ4v) is 3.54. The number of aryl methyl sites for hydroxylation is 1. The number of hydrogen-bond acceptors (Lipinski definition) is 4. The fourth-order valence-electron chi connectivity index (χ4n) is 2.68. The Balaban J connectivity index is 1.89. The SMILES string of the molecule is CCCc1cccc(C(=O)Nc2nc3ccccc3s2)c1CN. The highest BCUT2D eigenvalue weighted by Gasteiger charge is 2.15. The third kappa shape index (κ3) is 3.25. The molecule has 1 amide bonds. The van der Waals surface area contributed by atoms with Crippen LogP contribution >= 0.6 is 11.3 Å². The Bertz CT molecular complexity index is 808. The number of carbonyl (C=O) groups is 1. The normalized spacial score (nSPS) is 10.9. The molecular weight excluding hydrogens is 306 g/mol. The second kappa shape index (κ2) is 6.89. The van der Waals surface area contributed by atoms with Gasteiger partial charge in [0.15, 0.2) is 5.13 Å². The van der Waals surface area contributed by atoms with E-state index in [0.29, 0.717) is 17.2 Å². The number of carbonyl (C=O) groups excluding carboxylic acids is 1. The molecule has 0 unspecified atom stereocenters. The zero-order valence-electron chi connectivity index (χ0n) is 13.0. The molecule has 0 spiro atoms. The number of nitrogens with zero attached hydrogens (tertiary/aromatic N) is 1. The Morgan fingerprint density at radius 1 is 1.22 bits per heavy atom. The second-order valence-corrected chi connectivity index (χ2v) is 6.37. The molecule has 0 bridgehead atoms. The number of para-hydroxylation sites is 1. The highest BCUT2D eigenvalue weighted by Crippen LogP contribution is 2.26. The molecule has 118 valence electrons. The van der Waals surface area contributed by atoms with Crippen molar-refractivity contribution in [3.63, 3.8) is 0 Å². The number of rotatable bonds is 5. The van der Waals surface area contributed by atoms with Gasteiger partial charge in [-0.3, -0.25) is 10.1 Å². The van der Waals surface area contributed by atoms with E-state index in [1.54, 1.807) is 0 Å². The van der Waals surface area contributed by atoms with Gasteiger partial charge in [0.1, 0.15) is 0 Å². The molecule has 0 saturated carbocycles. The number of thiazole rings is 1. The molecule has 0 saturated heterocycles. The number of anilines is 1. The molecule has 0 atom stereocenters. The zero-order chi connectivity index (χ0) is 16.2. The van der Waals surface area contributed by atoms with E-state index in [0.717, 1.165) is 34.2 Å². The molecule has 0 radical (unpaired) electrons. The van der Waals surface area contributed by atoms with Crippen LogP contribution in [0.25, 0.3) is 10.2 Å². The molecule has 0 fully saturated rings. The summed E-state index contributed by atoms with van der Waals surface area (Å²) < 4.78 is 1.06. The van der Waals surface area contributed by atoms with Crippen molar-refractivity contribution in [1.82, 2.24) is 4.98 Å². The minimum Gasteiger partial charge on any atom is -0.326 e. The van der Waals surface area contributed by atoms with Gasteiger partial charge in [-0.2, -0.15) is 0 Å². The van der Waals surface area contributed by atoms with Crippen molar-refractivity contribution in [1.29, 1.82) is 0 Å². The summed E-state index contributed by atoms with van der Waals surface area (Å²) in [5.41, 5.74) is 9.48. The maximum absolute atomic E-state index is 12.6. The molecule has 4 nitrogen and oxygen atoms in total. The summed E-state index contributed by atoms with van der Waals surface area (Å²) in [5, 5.41) is 3.52. The molecule has 23 heavy (non-hydrogen) atoms. The number of nitrogens with two attached hydrogens (primary N) is 1. The molecule has 3 N–H and O–H groups in total. The molecule has 2 aromatic carbocycles. The van der Waals surface area contributed by atoms with Gasteiger partial charge in [-0.05, 0) is 35.7 Å². The van der Waals surface area contributed by atoms with Crippen molar-refractivity contribution in [2.75, 3.05) is 5.32 Å². The lowest BCUT2D eigenvalue weighted by molar-refractivity contribution is 0.102. The summed E-state index contributed by atoms with van der Waals surface area (Å²) in [6, 6.07) is 13.6. The summed E-state index contributed by atoms with van der Waals surface area (Å²) in [6.07, 6.45) is 1.95. The lowest BCUT2D eigenvalue weighted by Crippen LogP contribution is -2.17. The van der Waals surface area contributed by atoms with Crippen LogP contribution in [0, 0.1) is 0 Å². The average molecular weight is 325 g/mol. The van der Waals surface area contributed by atoms with E-state index < -0.39 is 0 Å². The van der Waals surface area contributed by atoms with Gasteiger partial charge in [0, 0.05) is 12.1 Å². The quantitative estimate of drug-likeness (QED) is 0.746. The third-order valence-corrected chi connectivity index (χ3v) is 4.71. The second-order valence-electron chi connectivity index (χ2n) is 5.34. The first-order valence-corrected chi connectivity index (χ1v) is 8.52. The predicted molar refractivity (Wildman–Crippen MR) is 95.9 cm³/mol. The molecule has 1 aromatic heterocycles. The van der Waals surface area contributed by atoms with Gasteiger partial charge < -0.3 is 5.73 Å². The van der Waals surface area contributed by atoms with E-state index >= 15 is 0 Å². The first-order valence-electron chi connectivity index (χ1n) is 7.70. The summed E-state index contributed by atoms with van der Waals surface area (Å²) >= 11 is 1.47. The maximum Gasteiger partial charge on any atom is 0.257 e. The standard InChI is InChI=1S/C18H19N3OS/c1-2-6-12-7-5-8-13(14(12)11-19)17(22)21-18-20-15-9-3-4-10-16(15)23-18/h3-5,7-10H,2,6,11,19H2,1H3,(H,20,21,22). The monoisotopic (exact) mass is 325 g/mol. The fraction of sp³-hybridized carbons (Fsp3) is 0.222. The van der Waals surface area contributed by atoms with Crippen molar-refractivity contribution in [3.8, 4) is 0 Å². The van der Waals surface area contributed by atoms with Gasteiger partial charge in [-0.25, -0.2) is 4.98 Å². The molecular formula is C18H19N3OS. The van der Waals surface area contributed by atoms with E-state index in [1.807, 2.05) is 42.5 Å². The Morgan fingerprint density at radius 2 is 2.04 bits per heavy atom. The molecule has 5 heteroatoms. The van der Waals surface area contributed by atoms with E-state index in [9.17, 15) is 4.79 Å². The molecule has 0 aliphatic carbocycles. The zero-order valence-corrected chi connectivity index (χ0v) is 13.8. The van der Waals surface area contributed by atoms with E-state index in [1.165, 1.54) is 11.3 Å². The number of benzene rings is 2. The van der Waals surface area contributed by atoms with E-state index in [-0.39, 0.29) is 5.91 Å². The van der Waals surface area contributed by atoms with Gasteiger partial charge in [0.2, 0.25) is 0 Å². The minimum atomic E-state index is -0.151. The molecule has 0 aliphatic heterocycles. The van der Waals surface area contributed by atoms with Crippen LogP contribution in [0.5, 0.6) is 0 Å². The Kier molecular flexibility index (Phi) is 4.69. The number of fused-ring (bicyclic) bond motifs is 1. The van der Waals surface area contributed by atoms with Crippen molar-refractivity contribution >= 4 is 32.6 Å². The highest BCUT2D eigenvalue weighted by atomic mass is 32.1. The lowest BCUT2D eigenvalue weighted by Gasteiger charge is -2.12. The Morgan fingerprint density at radius 3 is 2.78 bits per heavy atom. The van der Waals surface area contributed by atoms with Gasteiger partial charge in [-0.1, -0.05) is 48.9 Å². The van der Waals surface area contributed by atoms with Crippen LogP contribution < -0.4 is 11.1 Å². The smallest absolute Gasteiger partial charge is 0.257 e. The lowest BCUT2D eigenvalue weighted by atomic mass is 9.97. The summed E-state index contributed by atoms with van der Waals surface area (Å²) in [6.45, 7) is 2.48. The largest absolute Gasteiger partial charge is 0.326 e. The van der Waals surface area contributed by atoms with Crippen molar-refractivity contribution in [2.45, 2.75) is 26.3 Å².